The van der Waals surface area contributed by atoms with E-state index in [0.29, 0.717) is 5.02 Å². The lowest BCUT2D eigenvalue weighted by molar-refractivity contribution is 0.703. The Hall–Kier alpha value is -1.25. The minimum Gasteiger partial charge on any atom is -0.371 e. The van der Waals surface area contributed by atoms with Crippen molar-refractivity contribution in [1.82, 2.24) is 4.98 Å². The highest BCUT2D eigenvalue weighted by Gasteiger charge is 2.32. The number of halogens is 2. The van der Waals surface area contributed by atoms with Crippen LogP contribution in [0.25, 0.3) is 0 Å². The van der Waals surface area contributed by atoms with E-state index in [4.69, 9.17) is 28.2 Å². The topological polar surface area (TPSA) is 16.1 Å². The average molecular weight is 389 g/mol. The Bertz CT molecular complexity index is 814. The second kappa shape index (κ2) is 7.40. The number of anilines is 1. The van der Waals surface area contributed by atoms with Crippen molar-refractivity contribution < 1.29 is 0 Å². The number of hydrogen-bond acceptors (Lipinski definition) is 2. The van der Waals surface area contributed by atoms with Crippen molar-refractivity contribution in [2.45, 2.75) is 51.9 Å². The van der Waals surface area contributed by atoms with Gasteiger partial charge in [0.25, 0.3) is 0 Å². The smallest absolute Gasteiger partial charge is 0.0534 e. The highest BCUT2D eigenvalue weighted by molar-refractivity contribution is 6.35. The van der Waals surface area contributed by atoms with Crippen molar-refractivity contribution in [3.63, 3.8) is 0 Å². The van der Waals surface area contributed by atoms with Crippen molar-refractivity contribution in [2.24, 2.45) is 5.92 Å². The average Bonchev–Trinajstić information content (AvgIpc) is 3.32. The molecule has 0 amide bonds. The first-order chi connectivity index (χ1) is 12.6. The molecule has 0 N–H and O–H groups in total. The van der Waals surface area contributed by atoms with Gasteiger partial charge in [-0.15, -0.1) is 0 Å². The van der Waals surface area contributed by atoms with Crippen LogP contribution in [0.4, 0.5) is 5.69 Å². The summed E-state index contributed by atoms with van der Waals surface area (Å²) in [5.74, 6) is 1.16. The SMILES string of the molecule is CCCN(CC1CC1)c1cc(C)nc2c1CCC2c1ccc(Cl)cc1Cl. The minimum atomic E-state index is 0.276. The second-order valence-electron chi connectivity index (χ2n) is 7.79. The largest absolute Gasteiger partial charge is 0.371 e. The van der Waals surface area contributed by atoms with Crippen LogP contribution >= 0.6 is 23.2 Å². The monoisotopic (exact) mass is 388 g/mol. The normalized spacial score (nSPS) is 18.8. The van der Waals surface area contributed by atoms with E-state index >= 15 is 0 Å². The Kier molecular flexibility index (Phi) is 5.16. The Morgan fingerprint density at radius 1 is 1.15 bits per heavy atom. The zero-order valence-corrected chi connectivity index (χ0v) is 17.1. The summed E-state index contributed by atoms with van der Waals surface area (Å²) >= 11 is 12.6. The molecule has 4 rings (SSSR count). The molecule has 26 heavy (non-hydrogen) atoms. The van der Waals surface area contributed by atoms with Crippen LogP contribution in [0.5, 0.6) is 0 Å². The van der Waals surface area contributed by atoms with E-state index < -0.39 is 0 Å². The van der Waals surface area contributed by atoms with E-state index in [1.165, 1.54) is 42.8 Å². The first kappa shape index (κ1) is 18.1. The molecule has 1 aromatic heterocycles. The molecule has 0 radical (unpaired) electrons. The molecule has 0 spiro atoms. The van der Waals surface area contributed by atoms with E-state index in [2.05, 4.69) is 30.9 Å². The van der Waals surface area contributed by atoms with E-state index in [9.17, 15) is 0 Å². The maximum Gasteiger partial charge on any atom is 0.0534 e. The first-order valence-electron chi connectivity index (χ1n) is 9.77. The molecule has 0 saturated heterocycles. The number of fused-ring (bicyclic) bond motifs is 1. The number of rotatable bonds is 6. The van der Waals surface area contributed by atoms with Gasteiger partial charge in [0.1, 0.15) is 0 Å². The number of aryl methyl sites for hydroxylation is 1. The molecule has 1 atom stereocenters. The van der Waals surface area contributed by atoms with Gasteiger partial charge in [-0.1, -0.05) is 36.2 Å². The summed E-state index contributed by atoms with van der Waals surface area (Å²) < 4.78 is 0. The van der Waals surface area contributed by atoms with Gasteiger partial charge in [-0.2, -0.15) is 0 Å². The van der Waals surface area contributed by atoms with Crippen molar-refractivity contribution in [3.05, 3.63) is 56.8 Å². The number of nitrogens with zero attached hydrogens (tertiary/aromatic N) is 2. The Morgan fingerprint density at radius 2 is 1.96 bits per heavy atom. The zero-order chi connectivity index (χ0) is 18.3. The van der Waals surface area contributed by atoms with Crippen LogP contribution < -0.4 is 4.90 Å². The van der Waals surface area contributed by atoms with Crippen LogP contribution in [-0.4, -0.2) is 18.1 Å². The van der Waals surface area contributed by atoms with Crippen molar-refractivity contribution >= 4 is 28.9 Å². The van der Waals surface area contributed by atoms with Gasteiger partial charge in [0.15, 0.2) is 0 Å². The molecular weight excluding hydrogens is 363 g/mol. The van der Waals surface area contributed by atoms with Gasteiger partial charge in [-0.25, -0.2) is 0 Å². The van der Waals surface area contributed by atoms with Crippen molar-refractivity contribution in [1.29, 1.82) is 0 Å². The van der Waals surface area contributed by atoms with E-state index in [1.807, 2.05) is 12.1 Å². The standard InChI is InChI=1S/C22H26Cl2N2/c1-3-10-26(13-15-4-5-15)21-11-14(2)25-22-18(8-9-19(21)22)17-7-6-16(23)12-20(17)24/h6-7,11-12,15,18H,3-5,8-10,13H2,1-2H3. The fourth-order valence-corrected chi connectivity index (χ4v) is 4.78. The van der Waals surface area contributed by atoms with Crippen LogP contribution in [0.1, 0.15) is 61.0 Å². The van der Waals surface area contributed by atoms with Crippen molar-refractivity contribution in [2.75, 3.05) is 18.0 Å². The second-order valence-corrected chi connectivity index (χ2v) is 8.64. The molecule has 2 aromatic rings. The Morgan fingerprint density at radius 3 is 2.65 bits per heavy atom. The summed E-state index contributed by atoms with van der Waals surface area (Å²) in [6.45, 7) is 6.70. The van der Waals surface area contributed by atoms with Crippen LogP contribution in [0.2, 0.25) is 10.0 Å². The quantitative estimate of drug-likeness (QED) is 0.568. The summed E-state index contributed by atoms with van der Waals surface area (Å²) in [5, 5.41) is 1.44. The molecule has 2 aliphatic rings. The molecule has 0 aliphatic heterocycles. The highest BCUT2D eigenvalue weighted by Crippen LogP contribution is 2.44. The van der Waals surface area contributed by atoms with Crippen LogP contribution in [-0.2, 0) is 6.42 Å². The molecular formula is C22H26Cl2N2. The predicted molar refractivity (Wildman–Crippen MR) is 111 cm³/mol. The summed E-state index contributed by atoms with van der Waals surface area (Å²) in [6.07, 6.45) is 6.09. The van der Waals surface area contributed by atoms with E-state index in [-0.39, 0.29) is 5.92 Å². The van der Waals surface area contributed by atoms with Crippen LogP contribution in [0.3, 0.4) is 0 Å². The fourth-order valence-electron chi connectivity index (χ4n) is 4.24. The van der Waals surface area contributed by atoms with Crippen LogP contribution in [0, 0.1) is 12.8 Å². The summed E-state index contributed by atoms with van der Waals surface area (Å²) in [4.78, 5) is 7.56. The Labute approximate surface area is 166 Å². The van der Waals surface area contributed by atoms with Gasteiger partial charge in [-0.05, 0) is 74.3 Å². The van der Waals surface area contributed by atoms with Crippen molar-refractivity contribution in [3.8, 4) is 0 Å². The molecule has 4 heteroatoms. The maximum absolute atomic E-state index is 6.52. The predicted octanol–water partition coefficient (Wildman–Crippen LogP) is 6.40. The lowest BCUT2D eigenvalue weighted by atomic mass is 9.96. The molecule has 138 valence electrons. The molecule has 2 nitrogen and oxygen atoms in total. The van der Waals surface area contributed by atoms with Gasteiger partial charge in [-0.3, -0.25) is 4.98 Å². The molecule has 1 heterocycles. The number of benzene rings is 1. The minimum absolute atomic E-state index is 0.276. The van der Waals surface area contributed by atoms with Gasteiger partial charge in [0, 0.05) is 40.4 Å². The van der Waals surface area contributed by atoms with Crippen LogP contribution in [0.15, 0.2) is 24.3 Å². The molecule has 1 aromatic carbocycles. The molecule has 1 fully saturated rings. The Balaban J connectivity index is 1.73. The number of pyridine rings is 1. The van der Waals surface area contributed by atoms with Gasteiger partial charge < -0.3 is 4.90 Å². The summed E-state index contributed by atoms with van der Waals surface area (Å²) in [6, 6.07) is 8.16. The molecule has 1 unspecified atom stereocenters. The molecule has 0 bridgehead atoms. The maximum atomic E-state index is 6.52. The lowest BCUT2D eigenvalue weighted by Gasteiger charge is -2.27. The van der Waals surface area contributed by atoms with Gasteiger partial charge >= 0.3 is 0 Å². The van der Waals surface area contributed by atoms with E-state index in [1.54, 1.807) is 0 Å². The van der Waals surface area contributed by atoms with Gasteiger partial charge in [0.05, 0.1) is 5.69 Å². The number of aromatic nitrogens is 1. The summed E-state index contributed by atoms with van der Waals surface area (Å²) in [5.41, 5.74) is 6.33. The van der Waals surface area contributed by atoms with Gasteiger partial charge in [0.2, 0.25) is 0 Å². The fraction of sp³-hybridized carbons (Fsp3) is 0.500. The zero-order valence-electron chi connectivity index (χ0n) is 15.6. The third-order valence-electron chi connectivity index (χ3n) is 5.62. The first-order valence-corrected chi connectivity index (χ1v) is 10.5. The molecule has 2 aliphatic carbocycles. The third-order valence-corrected chi connectivity index (χ3v) is 6.18. The molecule has 1 saturated carbocycles. The highest BCUT2D eigenvalue weighted by atomic mass is 35.5. The van der Waals surface area contributed by atoms with E-state index in [0.717, 1.165) is 41.6 Å². The number of hydrogen-bond donors (Lipinski definition) is 0. The third kappa shape index (κ3) is 3.59. The lowest BCUT2D eigenvalue weighted by Crippen LogP contribution is -2.28. The summed E-state index contributed by atoms with van der Waals surface area (Å²) in [7, 11) is 0.